The van der Waals surface area contributed by atoms with Gasteiger partial charge in [0.2, 0.25) is 5.91 Å². The summed E-state index contributed by atoms with van der Waals surface area (Å²) in [7, 11) is 0. The van der Waals surface area contributed by atoms with Gasteiger partial charge in [0.05, 0.1) is 0 Å². The molecule has 1 amide bonds. The molecule has 0 atom stereocenters. The zero-order chi connectivity index (χ0) is 15.2. The Morgan fingerprint density at radius 1 is 1.29 bits per heavy atom. The normalized spacial score (nSPS) is 16.5. The molecule has 1 aromatic rings. The third-order valence-corrected chi connectivity index (χ3v) is 4.47. The number of nitrogens with zero attached hydrogens (tertiary/aromatic N) is 1. The molecule has 1 saturated carbocycles. The predicted octanol–water partition coefficient (Wildman–Crippen LogP) is 3.53. The first-order valence-electron chi connectivity index (χ1n) is 7.92. The van der Waals surface area contributed by atoms with E-state index >= 15 is 0 Å². The largest absolute Gasteiger partial charge is 0.353 e. The average Bonchev–Trinajstić information content (AvgIpc) is 2.66. The average molecular weight is 307 g/mol. The van der Waals surface area contributed by atoms with Crippen LogP contribution < -0.4 is 5.32 Å². The fraction of sp³-hybridized carbons (Fsp3) is 0.688. The number of nitrogens with one attached hydrogen (secondary N) is 2. The second-order valence-corrected chi connectivity index (χ2v) is 6.37. The Bertz CT molecular complexity index is 519. The Labute approximate surface area is 131 Å². The van der Waals surface area contributed by atoms with Crippen molar-refractivity contribution in [3.05, 3.63) is 21.7 Å². The van der Waals surface area contributed by atoms with E-state index in [1.54, 1.807) is 0 Å². The molecule has 1 fully saturated rings. The molecule has 1 heterocycles. The maximum Gasteiger partial charge on any atom is 0.220 e. The monoisotopic (exact) mass is 307 g/mol. The Morgan fingerprint density at radius 2 is 1.95 bits per heavy atom. The number of aromatic amines is 1. The van der Waals surface area contributed by atoms with Gasteiger partial charge < -0.3 is 10.3 Å². The Morgan fingerprint density at radius 3 is 2.57 bits per heavy atom. The summed E-state index contributed by atoms with van der Waals surface area (Å²) in [6, 6.07) is 0.377. The molecule has 1 aromatic heterocycles. The van der Waals surface area contributed by atoms with Crippen molar-refractivity contribution in [1.82, 2.24) is 15.3 Å². The highest BCUT2D eigenvalue weighted by Crippen LogP contribution is 2.17. The fourth-order valence-electron chi connectivity index (χ4n) is 3.09. The van der Waals surface area contributed by atoms with E-state index in [0.717, 1.165) is 36.2 Å². The SMILES string of the molecule is Cc1nc(=S)[nH]c(C)c1CCC(=O)NC1CCCCCC1. The molecule has 4 nitrogen and oxygen atoms in total. The summed E-state index contributed by atoms with van der Waals surface area (Å²) in [4.78, 5) is 19.5. The zero-order valence-electron chi connectivity index (χ0n) is 13.0. The van der Waals surface area contributed by atoms with Crippen molar-refractivity contribution in [2.45, 2.75) is 71.3 Å². The lowest BCUT2D eigenvalue weighted by Crippen LogP contribution is -2.34. The highest BCUT2D eigenvalue weighted by molar-refractivity contribution is 7.71. The number of aryl methyl sites for hydroxylation is 2. The third kappa shape index (κ3) is 4.92. The van der Waals surface area contributed by atoms with Crippen LogP contribution >= 0.6 is 12.2 Å². The number of aromatic nitrogens is 2. The molecule has 2 rings (SSSR count). The van der Waals surface area contributed by atoms with Crippen LogP contribution in [0.3, 0.4) is 0 Å². The maximum absolute atomic E-state index is 12.1. The number of hydrogen-bond donors (Lipinski definition) is 2. The van der Waals surface area contributed by atoms with Gasteiger partial charge in [-0.1, -0.05) is 25.7 Å². The van der Waals surface area contributed by atoms with Gasteiger partial charge in [-0.25, -0.2) is 4.98 Å². The van der Waals surface area contributed by atoms with Gasteiger partial charge in [-0.3, -0.25) is 4.79 Å². The summed E-state index contributed by atoms with van der Waals surface area (Å²) in [6.07, 6.45) is 8.58. The van der Waals surface area contributed by atoms with E-state index in [1.807, 2.05) is 13.8 Å². The molecule has 0 aliphatic heterocycles. The Hall–Kier alpha value is -1.23. The fourth-order valence-corrected chi connectivity index (χ4v) is 3.38. The molecule has 1 aliphatic rings. The van der Waals surface area contributed by atoms with E-state index in [2.05, 4.69) is 15.3 Å². The highest BCUT2D eigenvalue weighted by Gasteiger charge is 2.15. The summed E-state index contributed by atoms with van der Waals surface area (Å²) in [5.74, 6) is 0.156. The quantitative estimate of drug-likeness (QED) is 0.661. The van der Waals surface area contributed by atoms with Gasteiger partial charge in [0.25, 0.3) is 0 Å². The predicted molar refractivity (Wildman–Crippen MR) is 86.8 cm³/mol. The van der Waals surface area contributed by atoms with Crippen LogP contribution in [0.1, 0.15) is 61.9 Å². The summed E-state index contributed by atoms with van der Waals surface area (Å²) in [5.41, 5.74) is 3.06. The van der Waals surface area contributed by atoms with Gasteiger partial charge in [-0.2, -0.15) is 0 Å². The number of H-pyrrole nitrogens is 1. The first-order chi connectivity index (χ1) is 10.1. The first-order valence-corrected chi connectivity index (χ1v) is 8.33. The smallest absolute Gasteiger partial charge is 0.220 e. The molecule has 0 spiro atoms. The first kappa shape index (κ1) is 16.1. The minimum absolute atomic E-state index is 0.156. The van der Waals surface area contributed by atoms with E-state index < -0.39 is 0 Å². The lowest BCUT2D eigenvalue weighted by Gasteiger charge is -2.16. The Balaban J connectivity index is 1.87. The molecule has 0 aromatic carbocycles. The molecular formula is C16H25N3OS. The van der Waals surface area contributed by atoms with E-state index in [0.29, 0.717) is 17.2 Å². The minimum atomic E-state index is 0.156. The van der Waals surface area contributed by atoms with Crippen molar-refractivity contribution >= 4 is 18.1 Å². The van der Waals surface area contributed by atoms with Gasteiger partial charge in [0, 0.05) is 23.9 Å². The van der Waals surface area contributed by atoms with Crippen LogP contribution in [0.15, 0.2) is 0 Å². The van der Waals surface area contributed by atoms with Crippen LogP contribution in [0, 0.1) is 18.6 Å². The van der Waals surface area contributed by atoms with E-state index in [-0.39, 0.29) is 5.91 Å². The number of rotatable bonds is 4. The molecule has 0 unspecified atom stereocenters. The topological polar surface area (TPSA) is 57.8 Å². The van der Waals surface area contributed by atoms with E-state index in [4.69, 9.17) is 12.2 Å². The van der Waals surface area contributed by atoms with Crippen LogP contribution in [0.25, 0.3) is 0 Å². The van der Waals surface area contributed by atoms with Crippen LogP contribution in [-0.4, -0.2) is 21.9 Å². The molecule has 116 valence electrons. The molecule has 5 heteroatoms. The van der Waals surface area contributed by atoms with Crippen LogP contribution in [-0.2, 0) is 11.2 Å². The summed E-state index contributed by atoms with van der Waals surface area (Å²) in [5, 5.41) is 3.19. The molecule has 0 bridgehead atoms. The standard InChI is InChI=1S/C16H25N3OS/c1-11-14(12(2)18-16(21)17-11)9-10-15(20)19-13-7-5-3-4-6-8-13/h13H,3-10H2,1-2H3,(H,19,20)(H,17,18,21). The van der Waals surface area contributed by atoms with Crippen molar-refractivity contribution in [2.75, 3.05) is 0 Å². The van der Waals surface area contributed by atoms with E-state index in [9.17, 15) is 4.79 Å². The highest BCUT2D eigenvalue weighted by atomic mass is 32.1. The molecular weight excluding hydrogens is 282 g/mol. The number of hydrogen-bond acceptors (Lipinski definition) is 3. The van der Waals surface area contributed by atoms with Gasteiger partial charge >= 0.3 is 0 Å². The lowest BCUT2D eigenvalue weighted by molar-refractivity contribution is -0.121. The summed E-state index contributed by atoms with van der Waals surface area (Å²) < 4.78 is 0.511. The van der Waals surface area contributed by atoms with Crippen LogP contribution in [0.4, 0.5) is 0 Å². The van der Waals surface area contributed by atoms with Gasteiger partial charge in [-0.15, -0.1) is 0 Å². The van der Waals surface area contributed by atoms with Crippen molar-refractivity contribution in [1.29, 1.82) is 0 Å². The number of carbonyl (C=O) groups is 1. The summed E-state index contributed by atoms with van der Waals surface area (Å²) in [6.45, 7) is 3.94. The van der Waals surface area contributed by atoms with Gasteiger partial charge in [0.1, 0.15) is 0 Å². The van der Waals surface area contributed by atoms with E-state index in [1.165, 1.54) is 25.7 Å². The number of carbonyl (C=O) groups excluding carboxylic acids is 1. The minimum Gasteiger partial charge on any atom is -0.353 e. The molecule has 1 aliphatic carbocycles. The Kier molecular flexibility index (Phi) is 5.91. The summed E-state index contributed by atoms with van der Waals surface area (Å²) >= 11 is 5.06. The van der Waals surface area contributed by atoms with Crippen LogP contribution in [0.2, 0.25) is 0 Å². The lowest BCUT2D eigenvalue weighted by atomic mass is 10.1. The van der Waals surface area contributed by atoms with Crippen molar-refractivity contribution in [3.63, 3.8) is 0 Å². The van der Waals surface area contributed by atoms with Gasteiger partial charge in [0.15, 0.2) is 4.77 Å². The maximum atomic E-state index is 12.1. The third-order valence-electron chi connectivity index (χ3n) is 4.28. The molecule has 21 heavy (non-hydrogen) atoms. The zero-order valence-corrected chi connectivity index (χ0v) is 13.8. The van der Waals surface area contributed by atoms with Crippen molar-refractivity contribution in [2.24, 2.45) is 0 Å². The van der Waals surface area contributed by atoms with Gasteiger partial charge in [-0.05, 0) is 50.9 Å². The van der Waals surface area contributed by atoms with Crippen molar-refractivity contribution in [3.8, 4) is 0 Å². The number of amides is 1. The second kappa shape index (κ2) is 7.69. The molecule has 0 saturated heterocycles. The van der Waals surface area contributed by atoms with Crippen LogP contribution in [0.5, 0.6) is 0 Å². The molecule has 2 N–H and O–H groups in total. The van der Waals surface area contributed by atoms with Crippen molar-refractivity contribution < 1.29 is 4.79 Å². The molecule has 0 radical (unpaired) electrons. The second-order valence-electron chi connectivity index (χ2n) is 5.99.